The highest BCUT2D eigenvalue weighted by Crippen LogP contribution is 2.26. The van der Waals surface area contributed by atoms with Crippen molar-refractivity contribution in [1.82, 2.24) is 10.0 Å². The minimum absolute atomic E-state index is 0.0576. The summed E-state index contributed by atoms with van der Waals surface area (Å²) in [6.07, 6.45) is 2.26. The Morgan fingerprint density at radius 1 is 1.20 bits per heavy atom. The van der Waals surface area contributed by atoms with Crippen LogP contribution in [-0.4, -0.2) is 39.5 Å². The highest BCUT2D eigenvalue weighted by atomic mass is 35.5. The SMILES string of the molecule is COc1ccc(C)cc1C(C)NC(=O)C(CCSC)NS(=O)(=O)c1ccc(Cl)cc1. The van der Waals surface area contributed by atoms with Crippen molar-refractivity contribution in [2.24, 2.45) is 0 Å². The van der Waals surface area contributed by atoms with Gasteiger partial charge >= 0.3 is 0 Å². The zero-order valence-electron chi connectivity index (χ0n) is 17.4. The van der Waals surface area contributed by atoms with Crippen LogP contribution in [0.5, 0.6) is 5.75 Å². The molecular weight excluding hydrogens is 444 g/mol. The molecular formula is C21H27ClN2O4S2. The van der Waals surface area contributed by atoms with Crippen LogP contribution in [0.4, 0.5) is 0 Å². The summed E-state index contributed by atoms with van der Waals surface area (Å²) in [5, 5.41) is 3.35. The molecule has 0 heterocycles. The van der Waals surface area contributed by atoms with E-state index >= 15 is 0 Å². The number of carbonyl (C=O) groups excluding carboxylic acids is 1. The molecule has 0 fully saturated rings. The molecule has 0 aromatic heterocycles. The maximum absolute atomic E-state index is 13.0. The molecule has 1 amide bonds. The van der Waals surface area contributed by atoms with Crippen LogP contribution in [0.1, 0.15) is 30.5 Å². The number of rotatable bonds is 10. The summed E-state index contributed by atoms with van der Waals surface area (Å²) >= 11 is 7.39. The van der Waals surface area contributed by atoms with Gasteiger partial charge in [0.05, 0.1) is 18.0 Å². The third kappa shape index (κ3) is 6.63. The van der Waals surface area contributed by atoms with Crippen molar-refractivity contribution in [3.63, 3.8) is 0 Å². The number of sulfonamides is 1. The normalized spacial score (nSPS) is 13.5. The van der Waals surface area contributed by atoms with Crippen molar-refractivity contribution >= 4 is 39.3 Å². The van der Waals surface area contributed by atoms with Crippen molar-refractivity contribution in [3.8, 4) is 5.75 Å². The number of methoxy groups -OCH3 is 1. The van der Waals surface area contributed by atoms with Gasteiger partial charge in [-0.15, -0.1) is 0 Å². The smallest absolute Gasteiger partial charge is 0.241 e. The minimum Gasteiger partial charge on any atom is -0.496 e. The Labute approximate surface area is 187 Å². The molecule has 0 radical (unpaired) electrons. The topological polar surface area (TPSA) is 84.5 Å². The van der Waals surface area contributed by atoms with Crippen LogP contribution in [0.3, 0.4) is 0 Å². The molecule has 0 aliphatic heterocycles. The Morgan fingerprint density at radius 3 is 2.47 bits per heavy atom. The number of hydrogen-bond donors (Lipinski definition) is 2. The summed E-state index contributed by atoms with van der Waals surface area (Å²) < 4.78 is 33.5. The molecule has 0 spiro atoms. The first-order valence-electron chi connectivity index (χ1n) is 9.39. The fourth-order valence-corrected chi connectivity index (χ4v) is 4.76. The molecule has 2 aromatic rings. The number of aryl methyl sites for hydroxylation is 1. The van der Waals surface area contributed by atoms with E-state index in [4.69, 9.17) is 16.3 Å². The molecule has 0 aliphatic rings. The molecule has 2 rings (SSSR count). The summed E-state index contributed by atoms with van der Waals surface area (Å²) in [6.45, 7) is 3.80. The van der Waals surface area contributed by atoms with Crippen LogP contribution >= 0.6 is 23.4 Å². The van der Waals surface area contributed by atoms with Crippen LogP contribution in [0, 0.1) is 6.92 Å². The number of amides is 1. The molecule has 0 aliphatic carbocycles. The number of thioether (sulfide) groups is 1. The second-order valence-electron chi connectivity index (χ2n) is 6.88. The molecule has 0 saturated heterocycles. The van der Waals surface area contributed by atoms with Crippen molar-refractivity contribution < 1.29 is 17.9 Å². The Balaban J connectivity index is 2.20. The Morgan fingerprint density at radius 2 is 1.87 bits per heavy atom. The van der Waals surface area contributed by atoms with E-state index in [0.717, 1.165) is 11.1 Å². The van der Waals surface area contributed by atoms with Crippen molar-refractivity contribution in [2.45, 2.75) is 37.2 Å². The lowest BCUT2D eigenvalue weighted by Crippen LogP contribution is -2.47. The molecule has 6 nitrogen and oxygen atoms in total. The summed E-state index contributed by atoms with van der Waals surface area (Å²) in [6, 6.07) is 10.3. The van der Waals surface area contributed by atoms with Gasteiger partial charge in [0.2, 0.25) is 15.9 Å². The predicted molar refractivity (Wildman–Crippen MR) is 123 cm³/mol. The molecule has 2 atom stereocenters. The average Bonchev–Trinajstić information content (AvgIpc) is 2.71. The average molecular weight is 471 g/mol. The fourth-order valence-electron chi connectivity index (χ4n) is 2.93. The summed E-state index contributed by atoms with van der Waals surface area (Å²) in [4.78, 5) is 13.0. The van der Waals surface area contributed by atoms with Gasteiger partial charge in [0.25, 0.3) is 0 Å². The quantitative estimate of drug-likeness (QED) is 0.549. The van der Waals surface area contributed by atoms with E-state index in [1.54, 1.807) is 18.9 Å². The molecule has 2 N–H and O–H groups in total. The third-order valence-corrected chi connectivity index (χ3v) is 6.94. The second kappa shape index (κ2) is 11.0. The lowest BCUT2D eigenvalue weighted by molar-refractivity contribution is -0.123. The van der Waals surface area contributed by atoms with Gasteiger partial charge in [-0.25, -0.2) is 8.42 Å². The Hall–Kier alpha value is -1.74. The summed E-state index contributed by atoms with van der Waals surface area (Å²) in [5.41, 5.74) is 1.87. The number of benzene rings is 2. The highest BCUT2D eigenvalue weighted by molar-refractivity contribution is 7.98. The molecule has 30 heavy (non-hydrogen) atoms. The second-order valence-corrected chi connectivity index (χ2v) is 10.0. The van der Waals surface area contributed by atoms with Gasteiger partial charge in [0.15, 0.2) is 0 Å². The van der Waals surface area contributed by atoms with Crippen LogP contribution in [0.15, 0.2) is 47.4 Å². The first-order chi connectivity index (χ1) is 14.2. The largest absolute Gasteiger partial charge is 0.496 e. The number of ether oxygens (including phenoxy) is 1. The van der Waals surface area contributed by atoms with E-state index in [1.165, 1.54) is 24.3 Å². The predicted octanol–water partition coefficient (Wildman–Crippen LogP) is 3.93. The van der Waals surface area contributed by atoms with E-state index in [2.05, 4.69) is 10.0 Å². The molecule has 0 saturated carbocycles. The Bertz CT molecular complexity index is 965. The summed E-state index contributed by atoms with van der Waals surface area (Å²) in [5.74, 6) is 0.900. The van der Waals surface area contributed by atoms with Crippen LogP contribution < -0.4 is 14.8 Å². The highest BCUT2D eigenvalue weighted by Gasteiger charge is 2.27. The molecule has 2 unspecified atom stereocenters. The Kier molecular flexibility index (Phi) is 9.03. The van der Waals surface area contributed by atoms with E-state index < -0.39 is 22.0 Å². The van der Waals surface area contributed by atoms with E-state index in [-0.39, 0.29) is 10.9 Å². The number of carbonyl (C=O) groups is 1. The maximum atomic E-state index is 13.0. The van der Waals surface area contributed by atoms with Gasteiger partial charge < -0.3 is 10.1 Å². The molecule has 164 valence electrons. The van der Waals surface area contributed by atoms with Gasteiger partial charge in [-0.2, -0.15) is 16.5 Å². The van der Waals surface area contributed by atoms with Crippen LogP contribution in [0.25, 0.3) is 0 Å². The van der Waals surface area contributed by atoms with Crippen molar-refractivity contribution in [1.29, 1.82) is 0 Å². The van der Waals surface area contributed by atoms with E-state index in [1.807, 2.05) is 38.3 Å². The number of halogens is 1. The zero-order chi connectivity index (χ0) is 22.3. The first kappa shape index (κ1) is 24.5. The van der Waals surface area contributed by atoms with Gasteiger partial charge in [-0.3, -0.25) is 4.79 Å². The van der Waals surface area contributed by atoms with Crippen LogP contribution in [-0.2, 0) is 14.8 Å². The molecule has 2 aromatic carbocycles. The molecule has 9 heteroatoms. The minimum atomic E-state index is -3.88. The number of nitrogens with one attached hydrogen (secondary N) is 2. The number of hydrogen-bond acceptors (Lipinski definition) is 5. The van der Waals surface area contributed by atoms with E-state index in [9.17, 15) is 13.2 Å². The van der Waals surface area contributed by atoms with Crippen LogP contribution in [0.2, 0.25) is 5.02 Å². The van der Waals surface area contributed by atoms with Gasteiger partial charge in [0, 0.05) is 10.6 Å². The van der Waals surface area contributed by atoms with Gasteiger partial charge in [-0.1, -0.05) is 29.3 Å². The first-order valence-corrected chi connectivity index (χ1v) is 12.6. The third-order valence-electron chi connectivity index (χ3n) is 4.56. The van der Waals surface area contributed by atoms with E-state index in [0.29, 0.717) is 22.9 Å². The lowest BCUT2D eigenvalue weighted by atomic mass is 10.0. The van der Waals surface area contributed by atoms with Crippen molar-refractivity contribution in [3.05, 3.63) is 58.6 Å². The van der Waals surface area contributed by atoms with Gasteiger partial charge in [-0.05, 0) is 62.6 Å². The monoisotopic (exact) mass is 470 g/mol. The maximum Gasteiger partial charge on any atom is 0.241 e. The molecule has 0 bridgehead atoms. The van der Waals surface area contributed by atoms with Gasteiger partial charge in [0.1, 0.15) is 11.8 Å². The fraction of sp³-hybridized carbons (Fsp3) is 0.381. The summed E-state index contributed by atoms with van der Waals surface area (Å²) in [7, 11) is -2.30. The zero-order valence-corrected chi connectivity index (χ0v) is 19.8. The van der Waals surface area contributed by atoms with Crippen molar-refractivity contribution in [2.75, 3.05) is 19.1 Å². The lowest BCUT2D eigenvalue weighted by Gasteiger charge is -2.23. The standard InChI is InChI=1S/C21H27ClN2O4S2/c1-14-5-10-20(28-3)18(13-14)15(2)23-21(25)19(11-12-29-4)24-30(26,27)17-8-6-16(22)7-9-17/h5-10,13,15,19,24H,11-12H2,1-4H3,(H,23,25).